The molecule has 0 bridgehead atoms. The molecule has 1 heterocycles. The molecule has 0 aliphatic carbocycles. The molecular formula is C9H22N2O. The minimum Gasteiger partial charge on any atom is -0.391 e. The maximum atomic E-state index is 9.24. The molecule has 0 aromatic rings. The first-order valence-corrected chi connectivity index (χ1v) is 4.90. The second kappa shape index (κ2) is 6.40. The number of aliphatic hydroxyl groups is 1. The van der Waals surface area contributed by atoms with E-state index in [-0.39, 0.29) is 12.1 Å². The summed E-state index contributed by atoms with van der Waals surface area (Å²) in [5.74, 6) is 0. The molecule has 3 N–H and O–H groups in total. The van der Waals surface area contributed by atoms with Crippen molar-refractivity contribution in [2.75, 3.05) is 19.6 Å². The summed E-state index contributed by atoms with van der Waals surface area (Å²) in [6.45, 7) is 8.99. The Morgan fingerprint density at radius 3 is 2.50 bits per heavy atom. The normalized spacial score (nSPS) is 30.8. The predicted octanol–water partition coefficient (Wildman–Crippen LogP) is 0.426. The van der Waals surface area contributed by atoms with Crippen LogP contribution < -0.4 is 5.73 Å². The van der Waals surface area contributed by atoms with Gasteiger partial charge in [-0.25, -0.2) is 0 Å². The number of hydrogen-bond donors (Lipinski definition) is 2. The summed E-state index contributed by atoms with van der Waals surface area (Å²) in [6.07, 6.45) is 0.553. The van der Waals surface area contributed by atoms with Crippen molar-refractivity contribution in [3.8, 4) is 0 Å². The van der Waals surface area contributed by atoms with Crippen molar-refractivity contribution >= 4 is 0 Å². The van der Waals surface area contributed by atoms with Gasteiger partial charge in [-0.2, -0.15) is 0 Å². The van der Waals surface area contributed by atoms with Crippen molar-refractivity contribution in [2.45, 2.75) is 39.3 Å². The van der Waals surface area contributed by atoms with Gasteiger partial charge in [0.15, 0.2) is 0 Å². The quantitative estimate of drug-likeness (QED) is 0.606. The largest absolute Gasteiger partial charge is 0.391 e. The molecule has 0 spiro atoms. The van der Waals surface area contributed by atoms with E-state index in [0.717, 1.165) is 26.1 Å². The van der Waals surface area contributed by atoms with Crippen LogP contribution in [0.3, 0.4) is 0 Å². The molecule has 1 saturated heterocycles. The Kier molecular flexibility index (Phi) is 6.34. The van der Waals surface area contributed by atoms with E-state index in [9.17, 15) is 5.11 Å². The van der Waals surface area contributed by atoms with Gasteiger partial charge in [0.05, 0.1) is 6.10 Å². The maximum Gasteiger partial charge on any atom is 0.0715 e. The zero-order chi connectivity index (χ0) is 9.56. The van der Waals surface area contributed by atoms with E-state index in [1.165, 1.54) is 0 Å². The summed E-state index contributed by atoms with van der Waals surface area (Å²) < 4.78 is 0. The summed E-state index contributed by atoms with van der Waals surface area (Å²) in [5, 5.41) is 9.24. The minimum atomic E-state index is -0.275. The van der Waals surface area contributed by atoms with Gasteiger partial charge in [0.1, 0.15) is 0 Å². The Labute approximate surface area is 75.6 Å². The average molecular weight is 174 g/mol. The summed E-state index contributed by atoms with van der Waals surface area (Å²) in [4.78, 5) is 2.26. The van der Waals surface area contributed by atoms with Gasteiger partial charge in [-0.1, -0.05) is 20.8 Å². The van der Waals surface area contributed by atoms with Gasteiger partial charge < -0.3 is 15.7 Å². The highest BCUT2D eigenvalue weighted by atomic mass is 16.3. The van der Waals surface area contributed by atoms with E-state index in [0.29, 0.717) is 0 Å². The van der Waals surface area contributed by atoms with Crippen LogP contribution in [0.1, 0.15) is 27.2 Å². The second-order valence-electron chi connectivity index (χ2n) is 2.91. The zero-order valence-electron chi connectivity index (χ0n) is 8.45. The number of rotatable bonds is 1. The van der Waals surface area contributed by atoms with E-state index >= 15 is 0 Å². The van der Waals surface area contributed by atoms with Crippen LogP contribution in [0.4, 0.5) is 0 Å². The molecule has 2 atom stereocenters. The third-order valence-corrected chi connectivity index (χ3v) is 2.15. The van der Waals surface area contributed by atoms with E-state index in [1.54, 1.807) is 0 Å². The van der Waals surface area contributed by atoms with E-state index in [2.05, 4.69) is 11.8 Å². The third kappa shape index (κ3) is 3.52. The number of hydrogen-bond acceptors (Lipinski definition) is 3. The molecule has 74 valence electrons. The van der Waals surface area contributed by atoms with Gasteiger partial charge >= 0.3 is 0 Å². The van der Waals surface area contributed by atoms with E-state index in [4.69, 9.17) is 5.73 Å². The number of likely N-dealkylation sites (N-methyl/N-ethyl adjacent to an activating group) is 1. The van der Waals surface area contributed by atoms with Crippen molar-refractivity contribution in [2.24, 2.45) is 5.73 Å². The highest BCUT2D eigenvalue weighted by Gasteiger charge is 2.22. The van der Waals surface area contributed by atoms with Crippen LogP contribution in [0.2, 0.25) is 0 Å². The molecule has 0 saturated carbocycles. The van der Waals surface area contributed by atoms with Crippen LogP contribution in [-0.4, -0.2) is 41.8 Å². The highest BCUT2D eigenvalue weighted by Crippen LogP contribution is 2.07. The van der Waals surface area contributed by atoms with Crippen molar-refractivity contribution in [1.82, 2.24) is 4.90 Å². The summed E-state index contributed by atoms with van der Waals surface area (Å²) in [6, 6.07) is -0.0336. The Bertz CT molecular complexity index is 109. The van der Waals surface area contributed by atoms with E-state index in [1.807, 2.05) is 13.8 Å². The Morgan fingerprint density at radius 1 is 1.50 bits per heavy atom. The molecule has 12 heavy (non-hydrogen) atoms. The molecular weight excluding hydrogens is 152 g/mol. The van der Waals surface area contributed by atoms with Gasteiger partial charge in [0, 0.05) is 19.1 Å². The van der Waals surface area contributed by atoms with Crippen LogP contribution in [0.5, 0.6) is 0 Å². The topological polar surface area (TPSA) is 49.5 Å². The van der Waals surface area contributed by atoms with Crippen molar-refractivity contribution in [3.05, 3.63) is 0 Å². The number of likely N-dealkylation sites (tertiary alicyclic amines) is 1. The summed E-state index contributed by atoms with van der Waals surface area (Å²) in [5.41, 5.74) is 5.65. The lowest BCUT2D eigenvalue weighted by atomic mass is 10.0. The Balaban J connectivity index is 0.000000561. The fourth-order valence-electron chi connectivity index (χ4n) is 1.33. The molecule has 1 aliphatic rings. The SMILES string of the molecule is CC.CCN1CCC(O)C(N)C1. The second-order valence-corrected chi connectivity index (χ2v) is 2.91. The van der Waals surface area contributed by atoms with Gasteiger partial charge in [-0.3, -0.25) is 0 Å². The lowest BCUT2D eigenvalue weighted by Crippen LogP contribution is -2.51. The van der Waals surface area contributed by atoms with Crippen LogP contribution in [-0.2, 0) is 0 Å². The molecule has 2 unspecified atom stereocenters. The first-order chi connectivity index (χ1) is 5.74. The molecule has 0 aromatic heterocycles. The van der Waals surface area contributed by atoms with Crippen LogP contribution in [0.15, 0.2) is 0 Å². The Morgan fingerprint density at radius 2 is 2.08 bits per heavy atom. The van der Waals surface area contributed by atoms with Crippen molar-refractivity contribution in [1.29, 1.82) is 0 Å². The number of aliphatic hydroxyl groups excluding tert-OH is 1. The first-order valence-electron chi connectivity index (χ1n) is 4.90. The standard InChI is InChI=1S/C7H16N2O.C2H6/c1-2-9-4-3-7(10)6(8)5-9;1-2/h6-7,10H,2-5,8H2,1H3;1-2H3. The molecule has 3 nitrogen and oxygen atoms in total. The third-order valence-electron chi connectivity index (χ3n) is 2.15. The molecule has 1 fully saturated rings. The minimum absolute atomic E-state index is 0.0336. The number of nitrogens with two attached hydrogens (primary N) is 1. The highest BCUT2D eigenvalue weighted by molar-refractivity contribution is 4.81. The smallest absolute Gasteiger partial charge is 0.0715 e. The number of piperidine rings is 1. The summed E-state index contributed by atoms with van der Waals surface area (Å²) >= 11 is 0. The predicted molar refractivity (Wildman–Crippen MR) is 52.1 cm³/mol. The molecule has 0 amide bonds. The molecule has 1 aliphatic heterocycles. The maximum absolute atomic E-state index is 9.24. The molecule has 0 aromatic carbocycles. The summed E-state index contributed by atoms with van der Waals surface area (Å²) in [7, 11) is 0. The average Bonchev–Trinajstić information content (AvgIpc) is 2.13. The van der Waals surface area contributed by atoms with Crippen LogP contribution >= 0.6 is 0 Å². The van der Waals surface area contributed by atoms with Gasteiger partial charge in [0.25, 0.3) is 0 Å². The van der Waals surface area contributed by atoms with Gasteiger partial charge in [-0.05, 0) is 13.0 Å². The van der Waals surface area contributed by atoms with Crippen LogP contribution in [0.25, 0.3) is 0 Å². The van der Waals surface area contributed by atoms with E-state index < -0.39 is 0 Å². The molecule has 1 rings (SSSR count). The molecule has 3 heteroatoms. The lowest BCUT2D eigenvalue weighted by Gasteiger charge is -2.33. The molecule has 0 radical (unpaired) electrons. The van der Waals surface area contributed by atoms with Gasteiger partial charge in [-0.15, -0.1) is 0 Å². The first kappa shape index (κ1) is 11.9. The Hall–Kier alpha value is -0.120. The monoisotopic (exact) mass is 174 g/mol. The van der Waals surface area contributed by atoms with Crippen LogP contribution in [0, 0.1) is 0 Å². The van der Waals surface area contributed by atoms with Crippen molar-refractivity contribution in [3.63, 3.8) is 0 Å². The van der Waals surface area contributed by atoms with Crippen molar-refractivity contribution < 1.29 is 5.11 Å². The number of nitrogens with zero attached hydrogens (tertiary/aromatic N) is 1. The van der Waals surface area contributed by atoms with Gasteiger partial charge in [0.2, 0.25) is 0 Å². The fourth-order valence-corrected chi connectivity index (χ4v) is 1.33. The lowest BCUT2D eigenvalue weighted by molar-refractivity contribution is 0.0650. The zero-order valence-corrected chi connectivity index (χ0v) is 8.45. The fraction of sp³-hybridized carbons (Fsp3) is 1.00.